The lowest BCUT2D eigenvalue weighted by Gasteiger charge is -2.14. The normalized spacial score (nSPS) is 12.8. The molecule has 0 radical (unpaired) electrons. The summed E-state index contributed by atoms with van der Waals surface area (Å²) in [5.41, 5.74) is 4.85. The number of benzene rings is 1. The number of aromatic nitrogens is 4. The molecule has 2 heterocycles. The molecular weight excluding hydrogens is 310 g/mol. The maximum atomic E-state index is 4.78. The summed E-state index contributed by atoms with van der Waals surface area (Å²) in [6, 6.07) is 4.79. The number of hydrogen-bond donors (Lipinski definition) is 2. The second-order valence-corrected chi connectivity index (χ2v) is 7.00. The van der Waals surface area contributed by atoms with E-state index < -0.39 is 0 Å². The van der Waals surface area contributed by atoms with Crippen LogP contribution in [0, 0.1) is 20.8 Å². The molecule has 0 aliphatic rings. The van der Waals surface area contributed by atoms with Gasteiger partial charge in [0.15, 0.2) is 0 Å². The van der Waals surface area contributed by atoms with Gasteiger partial charge in [0.1, 0.15) is 11.6 Å². The average molecular weight is 339 g/mol. The number of fused-ring (bicyclic) bond motifs is 1. The number of hydrogen-bond acceptors (Lipinski definition) is 3. The third-order valence-corrected chi connectivity index (χ3v) is 5.04. The summed E-state index contributed by atoms with van der Waals surface area (Å²) in [5.74, 6) is 2.18. The quantitative estimate of drug-likeness (QED) is 0.615. The van der Waals surface area contributed by atoms with Crippen LogP contribution in [-0.2, 0) is 13.0 Å². The van der Waals surface area contributed by atoms with E-state index in [0.717, 1.165) is 55.0 Å². The van der Waals surface area contributed by atoms with Crippen LogP contribution in [0.4, 0.5) is 0 Å². The SMILES string of the molecule is Cc1ccc2[nH]c(CCCNC(C)CCn3ccnc3C)nc2c1C. The van der Waals surface area contributed by atoms with E-state index in [0.29, 0.717) is 6.04 Å². The van der Waals surface area contributed by atoms with Crippen molar-refractivity contribution in [3.05, 3.63) is 47.3 Å². The maximum absolute atomic E-state index is 4.78. The Labute approximate surface area is 149 Å². The van der Waals surface area contributed by atoms with E-state index in [-0.39, 0.29) is 0 Å². The Kier molecular flexibility index (Phi) is 5.53. The van der Waals surface area contributed by atoms with Gasteiger partial charge in [-0.1, -0.05) is 6.07 Å². The van der Waals surface area contributed by atoms with Gasteiger partial charge in [-0.2, -0.15) is 0 Å². The molecular formula is C20H29N5. The van der Waals surface area contributed by atoms with Crippen LogP contribution in [0.2, 0.25) is 0 Å². The molecule has 0 saturated carbocycles. The number of aromatic amines is 1. The highest BCUT2D eigenvalue weighted by Gasteiger charge is 2.07. The highest BCUT2D eigenvalue weighted by molar-refractivity contribution is 5.79. The van der Waals surface area contributed by atoms with Gasteiger partial charge in [-0.3, -0.25) is 0 Å². The van der Waals surface area contributed by atoms with Crippen molar-refractivity contribution in [1.29, 1.82) is 0 Å². The van der Waals surface area contributed by atoms with Crippen molar-refractivity contribution in [2.45, 2.75) is 59.5 Å². The number of nitrogens with one attached hydrogen (secondary N) is 2. The van der Waals surface area contributed by atoms with Crippen LogP contribution in [0.3, 0.4) is 0 Å². The molecule has 0 aliphatic heterocycles. The first-order valence-corrected chi connectivity index (χ1v) is 9.20. The number of H-pyrrole nitrogens is 1. The number of rotatable bonds is 8. The zero-order valence-electron chi connectivity index (χ0n) is 15.8. The van der Waals surface area contributed by atoms with Gasteiger partial charge in [0.2, 0.25) is 0 Å². The predicted molar refractivity (Wildman–Crippen MR) is 103 cm³/mol. The molecule has 1 atom stereocenters. The van der Waals surface area contributed by atoms with Crippen molar-refractivity contribution in [2.24, 2.45) is 0 Å². The molecule has 2 N–H and O–H groups in total. The van der Waals surface area contributed by atoms with E-state index in [9.17, 15) is 0 Å². The summed E-state index contributed by atoms with van der Waals surface area (Å²) in [5, 5.41) is 3.61. The molecule has 1 aromatic carbocycles. The summed E-state index contributed by atoms with van der Waals surface area (Å²) in [6.07, 6.45) is 7.09. The largest absolute Gasteiger partial charge is 0.342 e. The Morgan fingerprint density at radius 2 is 2.08 bits per heavy atom. The molecule has 0 fully saturated rings. The summed E-state index contributed by atoms with van der Waals surface area (Å²) in [4.78, 5) is 12.5. The van der Waals surface area contributed by atoms with E-state index >= 15 is 0 Å². The summed E-state index contributed by atoms with van der Waals surface area (Å²) in [6.45, 7) is 10.6. The van der Waals surface area contributed by atoms with E-state index in [1.807, 2.05) is 12.4 Å². The van der Waals surface area contributed by atoms with Gasteiger partial charge in [-0.05, 0) is 64.3 Å². The molecule has 3 aromatic rings. The fraction of sp³-hybridized carbons (Fsp3) is 0.500. The Morgan fingerprint density at radius 1 is 1.24 bits per heavy atom. The lowest BCUT2D eigenvalue weighted by Crippen LogP contribution is -2.28. The highest BCUT2D eigenvalue weighted by Crippen LogP contribution is 2.19. The van der Waals surface area contributed by atoms with E-state index in [4.69, 9.17) is 4.98 Å². The molecule has 1 unspecified atom stereocenters. The second-order valence-electron chi connectivity index (χ2n) is 7.00. The molecule has 0 spiro atoms. The summed E-state index contributed by atoms with van der Waals surface area (Å²) >= 11 is 0. The van der Waals surface area contributed by atoms with Crippen LogP contribution in [0.1, 0.15) is 42.5 Å². The highest BCUT2D eigenvalue weighted by atomic mass is 15.1. The fourth-order valence-corrected chi connectivity index (χ4v) is 3.16. The van der Waals surface area contributed by atoms with Crippen LogP contribution in [-0.4, -0.2) is 32.1 Å². The number of nitrogens with zero attached hydrogens (tertiary/aromatic N) is 3. The zero-order chi connectivity index (χ0) is 17.8. The topological polar surface area (TPSA) is 58.5 Å². The zero-order valence-corrected chi connectivity index (χ0v) is 15.8. The lowest BCUT2D eigenvalue weighted by molar-refractivity contribution is 0.467. The van der Waals surface area contributed by atoms with Gasteiger partial charge >= 0.3 is 0 Å². The van der Waals surface area contributed by atoms with Gasteiger partial charge in [0, 0.05) is 31.4 Å². The minimum absolute atomic E-state index is 0.502. The third-order valence-electron chi connectivity index (χ3n) is 5.04. The van der Waals surface area contributed by atoms with Crippen molar-refractivity contribution in [1.82, 2.24) is 24.8 Å². The van der Waals surface area contributed by atoms with E-state index in [2.05, 4.69) is 59.7 Å². The van der Waals surface area contributed by atoms with Crippen molar-refractivity contribution in [2.75, 3.05) is 6.54 Å². The van der Waals surface area contributed by atoms with E-state index in [1.54, 1.807) is 0 Å². The monoisotopic (exact) mass is 339 g/mol. The van der Waals surface area contributed by atoms with Gasteiger partial charge < -0.3 is 14.9 Å². The molecule has 5 heteroatoms. The molecule has 5 nitrogen and oxygen atoms in total. The predicted octanol–water partition coefficient (Wildman–Crippen LogP) is 3.69. The van der Waals surface area contributed by atoms with Crippen LogP contribution in [0.5, 0.6) is 0 Å². The summed E-state index contributed by atoms with van der Waals surface area (Å²) < 4.78 is 2.21. The van der Waals surface area contributed by atoms with Crippen LogP contribution >= 0.6 is 0 Å². The average Bonchev–Trinajstić information content (AvgIpc) is 3.19. The van der Waals surface area contributed by atoms with Crippen molar-refractivity contribution in [3.63, 3.8) is 0 Å². The molecule has 0 saturated heterocycles. The Morgan fingerprint density at radius 3 is 2.84 bits per heavy atom. The minimum Gasteiger partial charge on any atom is -0.342 e. The van der Waals surface area contributed by atoms with Crippen molar-refractivity contribution in [3.8, 4) is 0 Å². The van der Waals surface area contributed by atoms with Gasteiger partial charge in [-0.15, -0.1) is 0 Å². The molecule has 3 rings (SSSR count). The van der Waals surface area contributed by atoms with Gasteiger partial charge in [0.05, 0.1) is 11.0 Å². The molecule has 2 aromatic heterocycles. The van der Waals surface area contributed by atoms with Gasteiger partial charge in [0.25, 0.3) is 0 Å². The van der Waals surface area contributed by atoms with E-state index in [1.165, 1.54) is 11.1 Å². The minimum atomic E-state index is 0.502. The lowest BCUT2D eigenvalue weighted by atomic mass is 10.1. The molecule has 0 aliphatic carbocycles. The molecule has 25 heavy (non-hydrogen) atoms. The first-order valence-electron chi connectivity index (χ1n) is 9.20. The smallest absolute Gasteiger partial charge is 0.107 e. The Hall–Kier alpha value is -2.14. The first kappa shape index (κ1) is 17.7. The van der Waals surface area contributed by atoms with Gasteiger partial charge in [-0.25, -0.2) is 9.97 Å². The Balaban J connectivity index is 1.42. The van der Waals surface area contributed by atoms with Crippen molar-refractivity contribution >= 4 is 11.0 Å². The molecule has 0 bridgehead atoms. The second kappa shape index (κ2) is 7.83. The first-order chi connectivity index (χ1) is 12.0. The maximum Gasteiger partial charge on any atom is 0.107 e. The standard InChI is InChI=1S/C20H29N5/c1-14-7-8-18-20(16(14)3)24-19(23-18)6-5-10-21-15(2)9-12-25-13-11-22-17(25)4/h7-8,11,13,15,21H,5-6,9-10,12H2,1-4H3,(H,23,24). The molecule has 134 valence electrons. The number of imidazole rings is 2. The molecule has 0 amide bonds. The summed E-state index contributed by atoms with van der Waals surface area (Å²) in [7, 11) is 0. The van der Waals surface area contributed by atoms with Crippen LogP contribution in [0.25, 0.3) is 11.0 Å². The van der Waals surface area contributed by atoms with Crippen LogP contribution < -0.4 is 5.32 Å². The fourth-order valence-electron chi connectivity index (χ4n) is 3.16. The number of aryl methyl sites for hydroxylation is 5. The van der Waals surface area contributed by atoms with Crippen molar-refractivity contribution < 1.29 is 0 Å². The Bertz CT molecular complexity index is 830. The van der Waals surface area contributed by atoms with Crippen LogP contribution in [0.15, 0.2) is 24.5 Å². The third kappa shape index (κ3) is 4.28.